The lowest BCUT2D eigenvalue weighted by molar-refractivity contribution is 1.09. The van der Waals surface area contributed by atoms with Gasteiger partial charge in [0.1, 0.15) is 16.9 Å². The van der Waals surface area contributed by atoms with E-state index in [1.807, 2.05) is 10.8 Å². The maximum Gasteiger partial charge on any atom is 0.143 e. The molecule has 0 fully saturated rings. The Morgan fingerprint density at radius 3 is 3.00 bits per heavy atom. The van der Waals surface area contributed by atoms with Crippen molar-refractivity contribution in [2.45, 2.75) is 13.3 Å². The number of aryl methyl sites for hydroxylation is 1. The zero-order chi connectivity index (χ0) is 8.39. The first-order valence-corrected chi connectivity index (χ1v) is 5.42. The summed E-state index contributed by atoms with van der Waals surface area (Å²) in [5.41, 5.74) is 0.989. The van der Waals surface area contributed by atoms with E-state index in [4.69, 9.17) is 0 Å². The second-order valence-electron chi connectivity index (χ2n) is 2.26. The van der Waals surface area contributed by atoms with Gasteiger partial charge in [0.05, 0.1) is 5.01 Å². The molecule has 0 spiro atoms. The first-order chi connectivity index (χ1) is 5.90. The van der Waals surface area contributed by atoms with Crippen LogP contribution in [-0.4, -0.2) is 9.97 Å². The third kappa shape index (κ3) is 1.40. The maximum atomic E-state index is 4.42. The van der Waals surface area contributed by atoms with E-state index in [-0.39, 0.29) is 0 Å². The second kappa shape index (κ2) is 3.33. The molecule has 2 aromatic heterocycles. The van der Waals surface area contributed by atoms with Crippen LogP contribution in [0.1, 0.15) is 11.9 Å². The molecule has 0 N–H and O–H groups in total. The van der Waals surface area contributed by atoms with E-state index in [9.17, 15) is 0 Å². The van der Waals surface area contributed by atoms with Gasteiger partial charge in [0, 0.05) is 10.8 Å². The predicted octanol–water partition coefficient (Wildman–Crippen LogP) is 2.63. The topological polar surface area (TPSA) is 25.8 Å². The normalized spacial score (nSPS) is 10.4. The zero-order valence-electron chi connectivity index (χ0n) is 6.57. The average Bonchev–Trinajstić information content (AvgIpc) is 2.75. The third-order valence-corrected chi connectivity index (χ3v) is 3.20. The lowest BCUT2D eigenvalue weighted by Crippen LogP contribution is -1.78. The zero-order valence-corrected chi connectivity index (χ0v) is 8.21. The molecule has 2 heterocycles. The number of thiazole rings is 2. The molecule has 0 saturated carbocycles. The molecule has 4 heteroatoms. The van der Waals surface area contributed by atoms with Crippen molar-refractivity contribution in [3.05, 3.63) is 22.0 Å². The van der Waals surface area contributed by atoms with Crippen LogP contribution in [0.2, 0.25) is 0 Å². The van der Waals surface area contributed by atoms with Gasteiger partial charge in [-0.1, -0.05) is 6.92 Å². The van der Waals surface area contributed by atoms with Crippen molar-refractivity contribution >= 4 is 22.7 Å². The summed E-state index contributed by atoms with van der Waals surface area (Å²) in [5.74, 6) is 0. The average molecular weight is 195 g/mol. The van der Waals surface area contributed by atoms with Crippen molar-refractivity contribution in [3.63, 3.8) is 0 Å². The summed E-state index contributed by atoms with van der Waals surface area (Å²) in [6, 6.07) is 0. The summed E-state index contributed by atoms with van der Waals surface area (Å²) in [4.78, 5) is 8.49. The minimum Gasteiger partial charge on any atom is -0.239 e. The van der Waals surface area contributed by atoms with Crippen LogP contribution in [0.15, 0.2) is 10.8 Å². The lowest BCUT2D eigenvalue weighted by atomic mass is 10.5. The molecule has 0 atom stereocenters. The second-order valence-corrected chi connectivity index (χ2v) is 4.06. The van der Waals surface area contributed by atoms with Crippen LogP contribution in [0.25, 0.3) is 10.7 Å². The van der Waals surface area contributed by atoms with Crippen LogP contribution in [-0.2, 0) is 6.42 Å². The van der Waals surface area contributed by atoms with Crippen molar-refractivity contribution in [3.8, 4) is 10.7 Å². The van der Waals surface area contributed by atoms with Gasteiger partial charge >= 0.3 is 0 Å². The lowest BCUT2D eigenvalue weighted by Gasteiger charge is -1.85. The largest absolute Gasteiger partial charge is 0.239 e. The van der Waals surface area contributed by atoms with Crippen molar-refractivity contribution in [1.29, 1.82) is 0 Å². The Hall–Kier alpha value is -0.740. The molecule has 0 aromatic carbocycles. The van der Waals surface area contributed by atoms with Crippen molar-refractivity contribution < 1.29 is 0 Å². The van der Waals surface area contributed by atoms with Gasteiger partial charge < -0.3 is 0 Å². The van der Waals surface area contributed by atoms with Gasteiger partial charge in [-0.05, 0) is 6.42 Å². The molecule has 1 radical (unpaired) electrons. The Morgan fingerprint density at radius 2 is 2.42 bits per heavy atom. The fraction of sp³-hybridized carbons (Fsp3) is 0.250. The molecule has 0 aliphatic carbocycles. The van der Waals surface area contributed by atoms with E-state index in [0.717, 1.165) is 17.1 Å². The summed E-state index contributed by atoms with van der Waals surface area (Å²) in [5, 5.41) is 6.03. The Morgan fingerprint density at radius 1 is 1.50 bits per heavy atom. The molecular formula is C8H7N2S2. The Kier molecular flexibility index (Phi) is 2.19. The molecule has 2 aromatic rings. The standard InChI is InChI=1S/C8H7N2S2/c1-2-7-10-6(5-12-7)8-9-3-4-11-8/h4-5H,2H2,1H3. The van der Waals surface area contributed by atoms with Crippen LogP contribution in [0.4, 0.5) is 0 Å². The molecule has 0 bridgehead atoms. The molecule has 0 amide bonds. The van der Waals surface area contributed by atoms with Gasteiger partial charge in [-0.15, -0.1) is 22.7 Å². The summed E-state index contributed by atoms with van der Waals surface area (Å²) >= 11 is 3.27. The molecule has 12 heavy (non-hydrogen) atoms. The molecule has 2 nitrogen and oxygen atoms in total. The van der Waals surface area contributed by atoms with Gasteiger partial charge in [0.2, 0.25) is 0 Å². The van der Waals surface area contributed by atoms with Gasteiger partial charge in [0.15, 0.2) is 0 Å². The molecule has 0 aliphatic heterocycles. The van der Waals surface area contributed by atoms with Crippen LogP contribution in [0, 0.1) is 6.20 Å². The summed E-state index contributed by atoms with van der Waals surface area (Å²) in [6.45, 7) is 2.11. The Bertz CT molecular complexity index is 351. The first-order valence-electron chi connectivity index (χ1n) is 3.66. The van der Waals surface area contributed by atoms with Gasteiger partial charge in [0.25, 0.3) is 0 Å². The molecule has 0 aliphatic rings. The van der Waals surface area contributed by atoms with Crippen LogP contribution in [0.5, 0.6) is 0 Å². The molecular weight excluding hydrogens is 188 g/mol. The van der Waals surface area contributed by atoms with Gasteiger partial charge in [-0.2, -0.15) is 0 Å². The number of hydrogen-bond acceptors (Lipinski definition) is 4. The van der Waals surface area contributed by atoms with Gasteiger partial charge in [-0.3, -0.25) is 0 Å². The van der Waals surface area contributed by atoms with Gasteiger partial charge in [-0.25, -0.2) is 9.97 Å². The van der Waals surface area contributed by atoms with Crippen molar-refractivity contribution in [2.24, 2.45) is 0 Å². The minimum absolute atomic E-state index is 0.964. The summed E-state index contributed by atoms with van der Waals surface area (Å²) in [6.07, 6.45) is 3.79. The van der Waals surface area contributed by atoms with Crippen LogP contribution in [0.3, 0.4) is 0 Å². The molecule has 61 valence electrons. The Balaban J connectivity index is 2.35. The van der Waals surface area contributed by atoms with E-state index in [0.29, 0.717) is 0 Å². The van der Waals surface area contributed by atoms with Crippen molar-refractivity contribution in [2.75, 3.05) is 0 Å². The molecule has 2 rings (SSSR count). The third-order valence-electron chi connectivity index (χ3n) is 1.46. The SMILES string of the molecule is CCc1nc(-c2n[c]cs2)cs1. The Labute approximate surface area is 78.9 Å². The van der Waals surface area contributed by atoms with Crippen LogP contribution < -0.4 is 0 Å². The fourth-order valence-corrected chi connectivity index (χ4v) is 2.23. The smallest absolute Gasteiger partial charge is 0.143 e. The number of rotatable bonds is 2. The summed E-state index contributed by atoms with van der Waals surface area (Å²) in [7, 11) is 0. The molecule has 0 saturated heterocycles. The predicted molar refractivity (Wildman–Crippen MR) is 51.4 cm³/mol. The quantitative estimate of drug-likeness (QED) is 0.736. The van der Waals surface area contributed by atoms with E-state index in [2.05, 4.69) is 23.1 Å². The maximum absolute atomic E-state index is 4.42. The van der Waals surface area contributed by atoms with Crippen LogP contribution >= 0.6 is 22.7 Å². The highest BCUT2D eigenvalue weighted by Gasteiger charge is 2.04. The highest BCUT2D eigenvalue weighted by Crippen LogP contribution is 2.23. The number of nitrogens with zero attached hydrogens (tertiary/aromatic N) is 2. The van der Waals surface area contributed by atoms with E-state index in [1.165, 1.54) is 5.01 Å². The number of hydrogen-bond donors (Lipinski definition) is 0. The van der Waals surface area contributed by atoms with E-state index < -0.39 is 0 Å². The van der Waals surface area contributed by atoms with Crippen molar-refractivity contribution in [1.82, 2.24) is 9.97 Å². The number of aromatic nitrogens is 2. The van der Waals surface area contributed by atoms with E-state index in [1.54, 1.807) is 22.7 Å². The minimum atomic E-state index is 0.964. The highest BCUT2D eigenvalue weighted by atomic mass is 32.1. The first kappa shape index (κ1) is 7.89. The highest BCUT2D eigenvalue weighted by molar-refractivity contribution is 7.14. The molecule has 0 unspecified atom stereocenters. The fourth-order valence-electron chi connectivity index (χ4n) is 0.883. The summed E-state index contributed by atoms with van der Waals surface area (Å²) < 4.78 is 0. The van der Waals surface area contributed by atoms with E-state index >= 15 is 0 Å². The monoisotopic (exact) mass is 195 g/mol.